The van der Waals surface area contributed by atoms with E-state index in [-0.39, 0.29) is 16.5 Å². The first-order valence-corrected chi connectivity index (χ1v) is 11.2. The van der Waals surface area contributed by atoms with Crippen LogP contribution >= 0.6 is 11.6 Å². The van der Waals surface area contributed by atoms with Crippen molar-refractivity contribution in [2.45, 2.75) is 18.2 Å². The van der Waals surface area contributed by atoms with Gasteiger partial charge in [-0.05, 0) is 43.7 Å². The smallest absolute Gasteiger partial charge is 0.319 e. The summed E-state index contributed by atoms with van der Waals surface area (Å²) in [6.45, 7) is 3.84. The summed E-state index contributed by atoms with van der Waals surface area (Å²) in [5.41, 5.74) is 0.887. The van der Waals surface area contributed by atoms with Gasteiger partial charge in [0, 0.05) is 31.3 Å². The number of halogens is 1. The monoisotopic (exact) mass is 437 g/mol. The quantitative estimate of drug-likeness (QED) is 0.691. The highest BCUT2D eigenvalue weighted by molar-refractivity contribution is 7.93. The molecule has 2 aromatic rings. The average Bonchev–Trinajstić information content (AvgIpc) is 3.23. The molecule has 1 saturated heterocycles. The number of rotatable bonds is 7. The molecule has 9 heteroatoms. The van der Waals surface area contributed by atoms with Crippen LogP contribution < -0.4 is 14.9 Å². The average molecular weight is 438 g/mol. The second-order valence-corrected chi connectivity index (χ2v) is 8.95. The number of nitrogens with one attached hydrogen (secondary N) is 2. The van der Waals surface area contributed by atoms with E-state index < -0.39 is 16.1 Å². The number of nitrogens with zero attached hydrogens (tertiary/aromatic N) is 1. The van der Waals surface area contributed by atoms with E-state index in [2.05, 4.69) is 10.6 Å². The van der Waals surface area contributed by atoms with Crippen LogP contribution in [0, 0.1) is 5.92 Å². The van der Waals surface area contributed by atoms with Gasteiger partial charge in [0.25, 0.3) is 10.0 Å². The molecule has 0 aromatic heterocycles. The Balaban J connectivity index is 1.77. The Kier molecular flexibility index (Phi) is 7.00. The fourth-order valence-electron chi connectivity index (χ4n) is 3.14. The molecule has 7 nitrogen and oxygen atoms in total. The number of ether oxygens (including phenoxy) is 1. The minimum atomic E-state index is -3.91. The lowest BCUT2D eigenvalue weighted by Crippen LogP contribution is -2.33. The topological polar surface area (TPSA) is 87.7 Å². The summed E-state index contributed by atoms with van der Waals surface area (Å²) >= 11 is 6.20. The van der Waals surface area contributed by atoms with Crippen molar-refractivity contribution in [1.29, 1.82) is 0 Å². The Morgan fingerprint density at radius 3 is 2.66 bits per heavy atom. The number of benzene rings is 2. The zero-order valence-corrected chi connectivity index (χ0v) is 17.7. The van der Waals surface area contributed by atoms with Crippen molar-refractivity contribution in [1.82, 2.24) is 5.32 Å². The molecule has 0 aliphatic carbocycles. The molecule has 0 bridgehead atoms. The van der Waals surface area contributed by atoms with Gasteiger partial charge in [-0.1, -0.05) is 29.8 Å². The molecule has 3 rings (SSSR count). The highest BCUT2D eigenvalue weighted by Gasteiger charge is 2.26. The number of sulfonamides is 1. The minimum absolute atomic E-state index is 0.0631. The van der Waals surface area contributed by atoms with Crippen LogP contribution in [0.1, 0.15) is 13.3 Å². The number of para-hydroxylation sites is 1. The Morgan fingerprint density at radius 2 is 2.00 bits per heavy atom. The van der Waals surface area contributed by atoms with Crippen LogP contribution in [0.3, 0.4) is 0 Å². The molecule has 1 fully saturated rings. The van der Waals surface area contributed by atoms with E-state index in [4.69, 9.17) is 16.3 Å². The maximum Gasteiger partial charge on any atom is 0.319 e. The summed E-state index contributed by atoms with van der Waals surface area (Å²) in [5, 5.41) is 5.54. The van der Waals surface area contributed by atoms with Crippen molar-refractivity contribution < 1.29 is 17.9 Å². The number of hydrogen-bond acceptors (Lipinski definition) is 4. The van der Waals surface area contributed by atoms with Crippen LogP contribution in [-0.2, 0) is 14.8 Å². The zero-order valence-electron chi connectivity index (χ0n) is 16.1. The predicted molar refractivity (Wildman–Crippen MR) is 114 cm³/mol. The van der Waals surface area contributed by atoms with E-state index in [1.165, 1.54) is 16.4 Å². The zero-order chi connectivity index (χ0) is 20.9. The van der Waals surface area contributed by atoms with Crippen LogP contribution in [0.25, 0.3) is 0 Å². The lowest BCUT2D eigenvalue weighted by Gasteiger charge is -2.23. The van der Waals surface area contributed by atoms with Crippen molar-refractivity contribution in [3.8, 4) is 0 Å². The Labute approximate surface area is 176 Å². The summed E-state index contributed by atoms with van der Waals surface area (Å²) in [4.78, 5) is 12.1. The highest BCUT2D eigenvalue weighted by Crippen LogP contribution is 2.30. The van der Waals surface area contributed by atoms with Gasteiger partial charge in [-0.25, -0.2) is 13.2 Å². The third kappa shape index (κ3) is 5.20. The summed E-state index contributed by atoms with van der Waals surface area (Å²) in [6, 6.07) is 12.8. The Hall–Kier alpha value is -2.29. The second-order valence-electron chi connectivity index (χ2n) is 6.72. The largest absolute Gasteiger partial charge is 0.381 e. The fraction of sp³-hybridized carbons (Fsp3) is 0.350. The van der Waals surface area contributed by atoms with Gasteiger partial charge < -0.3 is 15.4 Å². The van der Waals surface area contributed by atoms with Gasteiger partial charge in [-0.3, -0.25) is 4.31 Å². The maximum absolute atomic E-state index is 13.2. The number of anilines is 2. The molecule has 2 N–H and O–H groups in total. The molecule has 0 saturated carbocycles. The molecule has 1 heterocycles. The van der Waals surface area contributed by atoms with Crippen LogP contribution in [0.2, 0.25) is 5.02 Å². The van der Waals surface area contributed by atoms with Gasteiger partial charge in [0.15, 0.2) is 0 Å². The maximum atomic E-state index is 13.2. The molecular weight excluding hydrogens is 414 g/mol. The molecule has 29 heavy (non-hydrogen) atoms. The Bertz CT molecular complexity index is 947. The first-order valence-electron chi connectivity index (χ1n) is 9.41. The van der Waals surface area contributed by atoms with E-state index >= 15 is 0 Å². The van der Waals surface area contributed by atoms with Crippen LogP contribution in [0.5, 0.6) is 0 Å². The van der Waals surface area contributed by atoms with E-state index in [1.807, 2.05) is 6.07 Å². The third-order valence-electron chi connectivity index (χ3n) is 4.66. The van der Waals surface area contributed by atoms with Gasteiger partial charge in [0.2, 0.25) is 0 Å². The van der Waals surface area contributed by atoms with Crippen LogP contribution in [-0.4, -0.2) is 40.8 Å². The van der Waals surface area contributed by atoms with E-state index in [0.717, 1.165) is 6.42 Å². The molecule has 0 unspecified atom stereocenters. The normalized spacial score (nSPS) is 16.4. The van der Waals surface area contributed by atoms with Crippen molar-refractivity contribution in [3.63, 3.8) is 0 Å². The molecule has 1 atom stereocenters. The minimum Gasteiger partial charge on any atom is -0.381 e. The van der Waals surface area contributed by atoms with Gasteiger partial charge >= 0.3 is 6.03 Å². The van der Waals surface area contributed by atoms with Gasteiger partial charge in [0.05, 0.1) is 17.3 Å². The molecule has 2 amide bonds. The van der Waals surface area contributed by atoms with Gasteiger partial charge in [-0.15, -0.1) is 0 Å². The van der Waals surface area contributed by atoms with Crippen molar-refractivity contribution in [2.75, 3.05) is 35.9 Å². The van der Waals surface area contributed by atoms with Gasteiger partial charge in [0.1, 0.15) is 4.90 Å². The molecule has 0 radical (unpaired) electrons. The number of amides is 2. The van der Waals surface area contributed by atoms with Crippen molar-refractivity contribution >= 4 is 39.0 Å². The SMILES string of the molecule is CCN(c1ccccc1)S(=O)(=O)c1cc(NC(=O)NC[C@H]2CCOC2)ccc1Cl. The number of carbonyl (C=O) groups excluding carboxylic acids is 1. The fourth-order valence-corrected chi connectivity index (χ4v) is 5.12. The van der Waals surface area contributed by atoms with Crippen LogP contribution in [0.4, 0.5) is 16.2 Å². The number of carbonyl (C=O) groups is 1. The molecular formula is C20H24ClN3O4S. The Morgan fingerprint density at radius 1 is 1.24 bits per heavy atom. The molecule has 156 valence electrons. The van der Waals surface area contributed by atoms with E-state index in [1.54, 1.807) is 37.3 Å². The second kappa shape index (κ2) is 9.47. The van der Waals surface area contributed by atoms with Crippen LogP contribution in [0.15, 0.2) is 53.4 Å². The van der Waals surface area contributed by atoms with Crippen molar-refractivity contribution in [2.24, 2.45) is 5.92 Å². The highest BCUT2D eigenvalue weighted by atomic mass is 35.5. The lowest BCUT2D eigenvalue weighted by atomic mass is 10.1. The van der Waals surface area contributed by atoms with E-state index in [9.17, 15) is 13.2 Å². The number of urea groups is 1. The summed E-state index contributed by atoms with van der Waals surface area (Å²) in [5.74, 6) is 0.297. The molecule has 0 spiro atoms. The molecule has 1 aliphatic heterocycles. The van der Waals surface area contributed by atoms with Gasteiger partial charge in [-0.2, -0.15) is 0 Å². The predicted octanol–water partition coefficient (Wildman–Crippen LogP) is 3.71. The standard InChI is InChI=1S/C20H24ClN3O4S/c1-2-24(17-6-4-3-5-7-17)29(26,27)19-12-16(8-9-18(19)21)23-20(25)22-13-15-10-11-28-14-15/h3-9,12,15H,2,10-11,13-14H2,1H3,(H2,22,23,25)/t15-/m1/s1. The summed E-state index contributed by atoms with van der Waals surface area (Å²) < 4.78 is 33.0. The lowest BCUT2D eigenvalue weighted by molar-refractivity contribution is 0.185. The molecule has 2 aromatic carbocycles. The first kappa shape index (κ1) is 21.4. The third-order valence-corrected chi connectivity index (χ3v) is 7.05. The van der Waals surface area contributed by atoms with E-state index in [0.29, 0.717) is 37.1 Å². The number of hydrogen-bond donors (Lipinski definition) is 2. The van der Waals surface area contributed by atoms with Crippen molar-refractivity contribution in [3.05, 3.63) is 53.6 Å². The first-order chi connectivity index (χ1) is 13.9. The molecule has 1 aliphatic rings. The summed E-state index contributed by atoms with van der Waals surface area (Å²) in [7, 11) is -3.91. The summed E-state index contributed by atoms with van der Waals surface area (Å²) in [6.07, 6.45) is 0.913.